The Bertz CT molecular complexity index is 563. The molecule has 5 nitrogen and oxygen atoms in total. The third-order valence-electron chi connectivity index (χ3n) is 3.76. The third kappa shape index (κ3) is 4.60. The molecular weight excluding hydrogens is 323 g/mol. The lowest BCUT2D eigenvalue weighted by Gasteiger charge is -2.09. The molecule has 2 aromatic rings. The van der Waals surface area contributed by atoms with Gasteiger partial charge in [0.15, 0.2) is 0 Å². The van der Waals surface area contributed by atoms with Gasteiger partial charge in [0.2, 0.25) is 5.91 Å². The number of hydrogen-bond donors (Lipinski definition) is 3. The number of hydrogen-bond acceptors (Lipinski definition) is 3. The molecule has 1 aliphatic heterocycles. The van der Waals surface area contributed by atoms with E-state index in [-0.39, 0.29) is 36.6 Å². The fourth-order valence-electron chi connectivity index (χ4n) is 2.61. The average molecular weight is 345 g/mol. The Kier molecular flexibility index (Phi) is 7.65. The number of aromatic nitrogens is 2. The molecular formula is C15H22Cl2N4O. The van der Waals surface area contributed by atoms with E-state index in [1.165, 1.54) is 0 Å². The topological polar surface area (TPSA) is 69.8 Å². The number of para-hydroxylation sites is 2. The lowest BCUT2D eigenvalue weighted by atomic mass is 10.1. The van der Waals surface area contributed by atoms with E-state index >= 15 is 0 Å². The van der Waals surface area contributed by atoms with Crippen molar-refractivity contribution in [3.63, 3.8) is 0 Å². The molecule has 0 aliphatic carbocycles. The first kappa shape index (κ1) is 18.7. The van der Waals surface area contributed by atoms with Crippen molar-refractivity contribution in [3.05, 3.63) is 30.1 Å². The number of H-pyrrole nitrogens is 1. The molecule has 122 valence electrons. The number of imidazole rings is 1. The molecule has 1 saturated heterocycles. The monoisotopic (exact) mass is 344 g/mol. The third-order valence-corrected chi connectivity index (χ3v) is 3.76. The smallest absolute Gasteiger partial charge is 0.224 e. The van der Waals surface area contributed by atoms with Crippen molar-refractivity contribution in [2.45, 2.75) is 19.3 Å². The van der Waals surface area contributed by atoms with Crippen LogP contribution >= 0.6 is 24.8 Å². The number of halogens is 2. The minimum absolute atomic E-state index is 0. The molecule has 1 fully saturated rings. The van der Waals surface area contributed by atoms with Crippen LogP contribution in [0.1, 0.15) is 18.7 Å². The Morgan fingerprint density at radius 1 is 1.32 bits per heavy atom. The maximum Gasteiger partial charge on any atom is 0.224 e. The van der Waals surface area contributed by atoms with E-state index in [4.69, 9.17) is 0 Å². The number of rotatable bonds is 5. The fraction of sp³-hybridized carbons (Fsp3) is 0.467. The van der Waals surface area contributed by atoms with Crippen LogP contribution in [0, 0.1) is 5.92 Å². The summed E-state index contributed by atoms with van der Waals surface area (Å²) < 4.78 is 0. The first-order valence-electron chi connectivity index (χ1n) is 7.25. The van der Waals surface area contributed by atoms with Crippen LogP contribution in [-0.2, 0) is 11.2 Å². The summed E-state index contributed by atoms with van der Waals surface area (Å²) in [7, 11) is 0. The Hall–Kier alpha value is -1.30. The number of amides is 1. The van der Waals surface area contributed by atoms with E-state index in [9.17, 15) is 4.79 Å². The number of fused-ring (bicyclic) bond motifs is 1. The molecule has 0 saturated carbocycles. The molecule has 1 aromatic carbocycles. The molecule has 1 atom stereocenters. The van der Waals surface area contributed by atoms with Crippen LogP contribution in [0.5, 0.6) is 0 Å². The molecule has 1 unspecified atom stereocenters. The summed E-state index contributed by atoms with van der Waals surface area (Å²) in [6.07, 6.45) is 2.72. The zero-order valence-electron chi connectivity index (χ0n) is 12.3. The Morgan fingerprint density at radius 3 is 2.86 bits per heavy atom. The number of benzene rings is 1. The summed E-state index contributed by atoms with van der Waals surface area (Å²) >= 11 is 0. The van der Waals surface area contributed by atoms with Crippen molar-refractivity contribution in [2.24, 2.45) is 5.92 Å². The highest BCUT2D eigenvalue weighted by molar-refractivity contribution is 5.85. The number of carbonyl (C=O) groups excluding carboxylic acids is 1. The van der Waals surface area contributed by atoms with Crippen molar-refractivity contribution in [3.8, 4) is 0 Å². The van der Waals surface area contributed by atoms with Crippen molar-refractivity contribution in [1.29, 1.82) is 0 Å². The van der Waals surface area contributed by atoms with Gasteiger partial charge >= 0.3 is 0 Å². The number of nitrogens with zero attached hydrogens (tertiary/aromatic N) is 1. The second kappa shape index (κ2) is 8.98. The molecule has 2 heterocycles. The van der Waals surface area contributed by atoms with Gasteiger partial charge in [-0.3, -0.25) is 4.79 Å². The number of aromatic amines is 1. The van der Waals surface area contributed by atoms with Gasteiger partial charge in [-0.05, 0) is 31.5 Å². The number of carbonyl (C=O) groups is 1. The van der Waals surface area contributed by atoms with E-state index in [0.717, 1.165) is 49.2 Å². The van der Waals surface area contributed by atoms with Gasteiger partial charge in [-0.2, -0.15) is 0 Å². The maximum absolute atomic E-state index is 11.8. The predicted molar refractivity (Wildman–Crippen MR) is 92.9 cm³/mol. The summed E-state index contributed by atoms with van der Waals surface area (Å²) in [5.74, 6) is 1.32. The first-order chi connectivity index (χ1) is 9.83. The van der Waals surface area contributed by atoms with Crippen LogP contribution < -0.4 is 10.6 Å². The molecule has 1 amide bonds. The zero-order valence-corrected chi connectivity index (χ0v) is 13.9. The van der Waals surface area contributed by atoms with Crippen molar-refractivity contribution in [2.75, 3.05) is 19.6 Å². The van der Waals surface area contributed by atoms with E-state index in [2.05, 4.69) is 20.6 Å². The first-order valence-corrected chi connectivity index (χ1v) is 7.25. The molecule has 0 spiro atoms. The fourth-order valence-corrected chi connectivity index (χ4v) is 2.61. The molecule has 3 rings (SSSR count). The van der Waals surface area contributed by atoms with Gasteiger partial charge in [-0.1, -0.05) is 12.1 Å². The summed E-state index contributed by atoms with van der Waals surface area (Å²) in [5.41, 5.74) is 2.08. The van der Waals surface area contributed by atoms with Crippen LogP contribution in [0.15, 0.2) is 24.3 Å². The van der Waals surface area contributed by atoms with Gasteiger partial charge < -0.3 is 15.6 Å². The summed E-state index contributed by atoms with van der Waals surface area (Å²) in [5, 5.41) is 6.22. The van der Waals surface area contributed by atoms with Crippen LogP contribution in [0.4, 0.5) is 0 Å². The molecule has 0 radical (unpaired) electrons. The average Bonchev–Trinajstić information content (AvgIpc) is 3.11. The van der Waals surface area contributed by atoms with Gasteiger partial charge in [0.05, 0.1) is 17.0 Å². The van der Waals surface area contributed by atoms with E-state index in [1.807, 2.05) is 24.3 Å². The van der Waals surface area contributed by atoms with Crippen LogP contribution in [-0.4, -0.2) is 35.5 Å². The highest BCUT2D eigenvalue weighted by atomic mass is 35.5. The molecule has 1 aliphatic rings. The zero-order chi connectivity index (χ0) is 13.8. The number of nitrogens with one attached hydrogen (secondary N) is 3. The van der Waals surface area contributed by atoms with Crippen LogP contribution in [0.25, 0.3) is 11.0 Å². The van der Waals surface area contributed by atoms with Crippen molar-refractivity contribution >= 4 is 41.8 Å². The Balaban J connectivity index is 0.00000121. The summed E-state index contributed by atoms with van der Waals surface area (Å²) in [6.45, 7) is 2.48. The Morgan fingerprint density at radius 2 is 2.14 bits per heavy atom. The largest absolute Gasteiger partial charge is 0.356 e. The normalized spacial score (nSPS) is 16.8. The van der Waals surface area contributed by atoms with Gasteiger partial charge in [0.25, 0.3) is 0 Å². The molecule has 7 heteroatoms. The molecule has 0 bridgehead atoms. The Labute approximate surface area is 142 Å². The second-order valence-corrected chi connectivity index (χ2v) is 5.28. The molecule has 3 N–H and O–H groups in total. The highest BCUT2D eigenvalue weighted by Crippen LogP contribution is 2.11. The van der Waals surface area contributed by atoms with E-state index in [0.29, 0.717) is 6.54 Å². The van der Waals surface area contributed by atoms with Gasteiger partial charge in [0.1, 0.15) is 5.82 Å². The number of aryl methyl sites for hydroxylation is 1. The highest BCUT2D eigenvalue weighted by Gasteiger charge is 2.21. The van der Waals surface area contributed by atoms with Gasteiger partial charge in [0, 0.05) is 19.5 Å². The van der Waals surface area contributed by atoms with E-state index in [1.54, 1.807) is 0 Å². The minimum Gasteiger partial charge on any atom is -0.356 e. The predicted octanol–water partition coefficient (Wildman–Crippen LogP) is 2.06. The summed E-state index contributed by atoms with van der Waals surface area (Å²) in [4.78, 5) is 19.7. The lowest BCUT2D eigenvalue weighted by Crippen LogP contribution is -2.32. The van der Waals surface area contributed by atoms with E-state index < -0.39 is 0 Å². The maximum atomic E-state index is 11.8. The lowest BCUT2D eigenvalue weighted by molar-refractivity contribution is -0.124. The van der Waals surface area contributed by atoms with Crippen LogP contribution in [0.3, 0.4) is 0 Å². The minimum atomic E-state index is 0. The molecule has 1 aromatic heterocycles. The van der Waals surface area contributed by atoms with Gasteiger partial charge in [-0.15, -0.1) is 24.8 Å². The van der Waals surface area contributed by atoms with Gasteiger partial charge in [-0.25, -0.2) is 4.98 Å². The second-order valence-electron chi connectivity index (χ2n) is 5.28. The summed E-state index contributed by atoms with van der Waals surface area (Å²) in [6, 6.07) is 8.02. The van der Waals surface area contributed by atoms with Crippen molar-refractivity contribution < 1.29 is 4.79 Å². The van der Waals surface area contributed by atoms with Crippen molar-refractivity contribution in [1.82, 2.24) is 20.6 Å². The quantitative estimate of drug-likeness (QED) is 0.727. The standard InChI is InChI=1S/C15H20N4O.2ClH/c20-15(11-7-9-16-10-11)17-8-3-6-14-18-12-4-1-2-5-13(12)19-14;;/h1-2,4-5,11,16H,3,6-10H2,(H,17,20)(H,18,19);2*1H. The molecule has 22 heavy (non-hydrogen) atoms. The van der Waals surface area contributed by atoms with Crippen LogP contribution in [0.2, 0.25) is 0 Å². The SMILES string of the molecule is Cl.Cl.O=C(NCCCc1nc2ccccc2[nH]1)C1CCNC1.